The van der Waals surface area contributed by atoms with E-state index >= 15 is 0 Å². The smallest absolute Gasteiger partial charge is 0.414 e. The van der Waals surface area contributed by atoms with Crippen LogP contribution in [0.15, 0.2) is 12.3 Å². The van der Waals surface area contributed by atoms with Gasteiger partial charge in [-0.05, 0) is 34.1 Å². The molecule has 0 aromatic rings. The third-order valence-corrected chi connectivity index (χ3v) is 2.37. The molecule has 5 nitrogen and oxygen atoms in total. The summed E-state index contributed by atoms with van der Waals surface area (Å²) in [7, 11) is 0. The Labute approximate surface area is 108 Å². The highest BCUT2D eigenvalue weighted by atomic mass is 16.6. The van der Waals surface area contributed by atoms with Gasteiger partial charge in [0.2, 0.25) is 0 Å². The lowest BCUT2D eigenvalue weighted by atomic mass is 10.0. The highest BCUT2D eigenvalue weighted by molar-refractivity contribution is 5.75. The van der Waals surface area contributed by atoms with Crippen LogP contribution in [0.1, 0.15) is 34.1 Å². The number of nitrogens with zero attached hydrogens (tertiary/aromatic N) is 1. The molecule has 0 N–H and O–H groups in total. The molecule has 1 atom stereocenters. The number of hydrogen-bond acceptors (Lipinski definition) is 4. The zero-order valence-electron chi connectivity index (χ0n) is 11.4. The molecule has 0 radical (unpaired) electrons. The number of allylic oxidation sites excluding steroid dienone is 1. The van der Waals surface area contributed by atoms with Gasteiger partial charge in [-0.2, -0.15) is 0 Å². The van der Waals surface area contributed by atoms with Crippen molar-refractivity contribution >= 4 is 12.1 Å². The van der Waals surface area contributed by atoms with Gasteiger partial charge < -0.3 is 9.47 Å². The van der Waals surface area contributed by atoms with Crippen LogP contribution in [0.2, 0.25) is 0 Å². The summed E-state index contributed by atoms with van der Waals surface area (Å²) in [6.45, 7) is 7.85. The molecule has 18 heavy (non-hydrogen) atoms. The Morgan fingerprint density at radius 2 is 2.06 bits per heavy atom. The van der Waals surface area contributed by atoms with Crippen LogP contribution in [-0.4, -0.2) is 35.7 Å². The molecule has 102 valence electrons. The second-order valence-electron chi connectivity index (χ2n) is 5.20. The van der Waals surface area contributed by atoms with Gasteiger partial charge in [-0.25, -0.2) is 4.79 Å². The van der Waals surface area contributed by atoms with Crippen LogP contribution in [0.4, 0.5) is 4.79 Å². The van der Waals surface area contributed by atoms with Crippen LogP contribution in [0, 0.1) is 5.92 Å². The summed E-state index contributed by atoms with van der Waals surface area (Å²) < 4.78 is 10.2. The van der Waals surface area contributed by atoms with Crippen molar-refractivity contribution in [2.24, 2.45) is 5.92 Å². The lowest BCUT2D eigenvalue weighted by Crippen LogP contribution is -2.40. The van der Waals surface area contributed by atoms with Crippen LogP contribution in [0.25, 0.3) is 0 Å². The van der Waals surface area contributed by atoms with Gasteiger partial charge in [0.25, 0.3) is 0 Å². The standard InChI is InChI=1S/C13H21NO4/c1-5-17-11(15)10-7-6-8-14(9-10)12(16)18-13(2,3)4/h6,8,10H,5,7,9H2,1-4H3. The molecule has 1 aliphatic rings. The van der Waals surface area contributed by atoms with Crippen molar-refractivity contribution in [2.75, 3.05) is 13.2 Å². The summed E-state index contributed by atoms with van der Waals surface area (Å²) in [5, 5.41) is 0. The minimum absolute atomic E-state index is 0.268. The van der Waals surface area contributed by atoms with E-state index in [1.54, 1.807) is 40.0 Å². The van der Waals surface area contributed by atoms with E-state index < -0.39 is 11.7 Å². The number of esters is 1. The van der Waals surface area contributed by atoms with Crippen LogP contribution in [0.3, 0.4) is 0 Å². The predicted octanol–water partition coefficient (Wildman–Crippen LogP) is 2.32. The van der Waals surface area contributed by atoms with Gasteiger partial charge in [-0.1, -0.05) is 6.08 Å². The Bertz CT molecular complexity index is 343. The quantitative estimate of drug-likeness (QED) is 0.710. The molecule has 0 saturated heterocycles. The Kier molecular flexibility index (Phi) is 4.76. The number of rotatable bonds is 2. The third kappa shape index (κ3) is 4.39. The summed E-state index contributed by atoms with van der Waals surface area (Å²) in [6.07, 6.45) is 3.60. The van der Waals surface area contributed by atoms with E-state index in [2.05, 4.69) is 0 Å². The molecule has 0 bridgehead atoms. The molecule has 1 aliphatic heterocycles. The minimum Gasteiger partial charge on any atom is -0.466 e. The lowest BCUT2D eigenvalue weighted by Gasteiger charge is -2.29. The highest BCUT2D eigenvalue weighted by Crippen LogP contribution is 2.18. The Morgan fingerprint density at radius 1 is 1.39 bits per heavy atom. The summed E-state index contributed by atoms with van der Waals surface area (Å²) in [5.41, 5.74) is -0.540. The fourth-order valence-corrected chi connectivity index (χ4v) is 1.61. The van der Waals surface area contributed by atoms with Crippen molar-refractivity contribution in [2.45, 2.75) is 39.7 Å². The van der Waals surface area contributed by atoms with Gasteiger partial charge in [0.15, 0.2) is 0 Å². The average molecular weight is 255 g/mol. The maximum atomic E-state index is 11.8. The molecular formula is C13H21NO4. The zero-order valence-corrected chi connectivity index (χ0v) is 11.4. The number of ether oxygens (including phenoxy) is 2. The van der Waals surface area contributed by atoms with Gasteiger partial charge in [-0.15, -0.1) is 0 Å². The molecule has 1 unspecified atom stereocenters. The molecule has 0 spiro atoms. The van der Waals surface area contributed by atoms with Crippen molar-refractivity contribution in [3.8, 4) is 0 Å². The fraction of sp³-hybridized carbons (Fsp3) is 0.692. The van der Waals surface area contributed by atoms with Gasteiger partial charge in [0.05, 0.1) is 12.5 Å². The highest BCUT2D eigenvalue weighted by Gasteiger charge is 2.29. The topological polar surface area (TPSA) is 55.8 Å². The van der Waals surface area contributed by atoms with Crippen molar-refractivity contribution in [1.29, 1.82) is 0 Å². The Morgan fingerprint density at radius 3 is 2.61 bits per heavy atom. The largest absolute Gasteiger partial charge is 0.466 e. The molecule has 0 aromatic carbocycles. The minimum atomic E-state index is -0.540. The first-order valence-electron chi connectivity index (χ1n) is 6.16. The molecule has 1 amide bonds. The Hall–Kier alpha value is -1.52. The second-order valence-corrected chi connectivity index (χ2v) is 5.20. The molecule has 0 aliphatic carbocycles. The van der Waals surface area contributed by atoms with E-state index in [-0.39, 0.29) is 11.9 Å². The second kappa shape index (κ2) is 5.89. The molecule has 5 heteroatoms. The van der Waals surface area contributed by atoms with E-state index in [4.69, 9.17) is 9.47 Å². The fourth-order valence-electron chi connectivity index (χ4n) is 1.61. The molecular weight excluding hydrogens is 234 g/mol. The van der Waals surface area contributed by atoms with E-state index in [1.807, 2.05) is 0 Å². The van der Waals surface area contributed by atoms with E-state index in [9.17, 15) is 9.59 Å². The van der Waals surface area contributed by atoms with Crippen LogP contribution in [-0.2, 0) is 14.3 Å². The first-order chi connectivity index (χ1) is 8.33. The molecule has 1 heterocycles. The number of carbonyl (C=O) groups excluding carboxylic acids is 2. The SMILES string of the molecule is CCOC(=O)C1CC=CN(C(=O)OC(C)(C)C)C1. The van der Waals surface area contributed by atoms with E-state index in [0.717, 1.165) is 0 Å². The molecule has 0 aromatic heterocycles. The first-order valence-corrected chi connectivity index (χ1v) is 6.16. The summed E-state index contributed by atoms with van der Waals surface area (Å²) in [6, 6.07) is 0. The number of carbonyl (C=O) groups is 2. The van der Waals surface area contributed by atoms with Gasteiger partial charge in [-0.3, -0.25) is 9.69 Å². The molecule has 0 saturated carbocycles. The predicted molar refractivity (Wildman–Crippen MR) is 66.8 cm³/mol. The number of amides is 1. The van der Waals surface area contributed by atoms with Crippen LogP contribution >= 0.6 is 0 Å². The van der Waals surface area contributed by atoms with E-state index in [0.29, 0.717) is 19.6 Å². The van der Waals surface area contributed by atoms with Gasteiger partial charge in [0, 0.05) is 12.7 Å². The number of hydrogen-bond donors (Lipinski definition) is 0. The zero-order chi connectivity index (χ0) is 13.8. The lowest BCUT2D eigenvalue weighted by molar-refractivity contribution is -0.148. The van der Waals surface area contributed by atoms with Crippen LogP contribution < -0.4 is 0 Å². The van der Waals surface area contributed by atoms with Crippen molar-refractivity contribution in [3.63, 3.8) is 0 Å². The monoisotopic (exact) mass is 255 g/mol. The van der Waals surface area contributed by atoms with Gasteiger partial charge >= 0.3 is 12.1 Å². The van der Waals surface area contributed by atoms with Crippen molar-refractivity contribution < 1.29 is 19.1 Å². The maximum Gasteiger partial charge on any atom is 0.414 e. The van der Waals surface area contributed by atoms with Gasteiger partial charge in [0.1, 0.15) is 5.60 Å². The molecule has 1 rings (SSSR count). The third-order valence-electron chi connectivity index (χ3n) is 2.37. The average Bonchev–Trinajstić information content (AvgIpc) is 2.27. The Balaban J connectivity index is 2.59. The van der Waals surface area contributed by atoms with Crippen molar-refractivity contribution in [1.82, 2.24) is 4.90 Å². The molecule has 0 fully saturated rings. The van der Waals surface area contributed by atoms with Crippen LogP contribution in [0.5, 0.6) is 0 Å². The normalized spacial score (nSPS) is 19.6. The summed E-state index contributed by atoms with van der Waals surface area (Å²) in [5.74, 6) is -0.571. The maximum absolute atomic E-state index is 11.8. The van der Waals surface area contributed by atoms with E-state index in [1.165, 1.54) is 4.90 Å². The summed E-state index contributed by atoms with van der Waals surface area (Å²) >= 11 is 0. The first kappa shape index (κ1) is 14.5. The van der Waals surface area contributed by atoms with Crippen molar-refractivity contribution in [3.05, 3.63) is 12.3 Å². The summed E-state index contributed by atoms with van der Waals surface area (Å²) in [4.78, 5) is 24.9.